The lowest BCUT2D eigenvalue weighted by Gasteiger charge is -2.28. The summed E-state index contributed by atoms with van der Waals surface area (Å²) in [5, 5.41) is 10.4. The van der Waals surface area contributed by atoms with Crippen molar-refractivity contribution in [2.45, 2.75) is 51.0 Å². The van der Waals surface area contributed by atoms with E-state index in [1.165, 1.54) is 30.4 Å². The third-order valence-electron chi connectivity index (χ3n) is 5.37. The van der Waals surface area contributed by atoms with Gasteiger partial charge in [0.1, 0.15) is 24.2 Å². The van der Waals surface area contributed by atoms with Crippen LogP contribution >= 0.6 is 0 Å². The maximum absolute atomic E-state index is 10.4. The Morgan fingerprint density at radius 2 is 1.89 bits per heavy atom. The highest BCUT2D eigenvalue weighted by molar-refractivity contribution is 5.32. The van der Waals surface area contributed by atoms with E-state index in [1.807, 2.05) is 12.1 Å². The van der Waals surface area contributed by atoms with E-state index in [0.717, 1.165) is 56.8 Å². The van der Waals surface area contributed by atoms with Gasteiger partial charge in [-0.25, -0.2) is 0 Å². The lowest BCUT2D eigenvalue weighted by molar-refractivity contribution is 0.0394. The molecular weight excluding hydrogens is 338 g/mol. The SMILES string of the molecule is COc1cccc(CCC2=CCCC=C2OC[C@@H](O)CN2CCCCC2)c1. The van der Waals surface area contributed by atoms with Crippen LogP contribution in [0.5, 0.6) is 5.75 Å². The minimum atomic E-state index is -0.425. The summed E-state index contributed by atoms with van der Waals surface area (Å²) in [6.07, 6.45) is 11.8. The van der Waals surface area contributed by atoms with Crippen molar-refractivity contribution in [2.24, 2.45) is 0 Å². The van der Waals surface area contributed by atoms with Gasteiger partial charge in [-0.3, -0.25) is 0 Å². The Morgan fingerprint density at radius 3 is 2.70 bits per heavy atom. The number of benzene rings is 1. The first kappa shape index (κ1) is 20.0. The summed E-state index contributed by atoms with van der Waals surface area (Å²) < 4.78 is 11.3. The van der Waals surface area contributed by atoms with Crippen molar-refractivity contribution in [3.05, 3.63) is 53.3 Å². The van der Waals surface area contributed by atoms with Crippen LogP contribution in [0.2, 0.25) is 0 Å². The molecule has 0 unspecified atom stereocenters. The van der Waals surface area contributed by atoms with Crippen molar-refractivity contribution in [3.63, 3.8) is 0 Å². The largest absolute Gasteiger partial charge is 0.497 e. The number of ether oxygens (including phenoxy) is 2. The molecule has 0 bridgehead atoms. The molecule has 4 heteroatoms. The van der Waals surface area contributed by atoms with Gasteiger partial charge in [0.25, 0.3) is 0 Å². The number of β-amino-alcohol motifs (C(OH)–C–C–N with tert-alkyl or cyclic N) is 1. The third kappa shape index (κ3) is 6.40. The molecule has 27 heavy (non-hydrogen) atoms. The summed E-state index contributed by atoms with van der Waals surface area (Å²) in [6.45, 7) is 3.30. The number of hydrogen-bond donors (Lipinski definition) is 1. The molecule has 1 aliphatic carbocycles. The molecule has 0 saturated carbocycles. The van der Waals surface area contributed by atoms with E-state index < -0.39 is 6.10 Å². The monoisotopic (exact) mass is 371 g/mol. The molecule has 1 heterocycles. The summed E-state index contributed by atoms with van der Waals surface area (Å²) in [6, 6.07) is 8.24. The molecule has 0 aromatic heterocycles. The first-order valence-electron chi connectivity index (χ1n) is 10.3. The number of hydrogen-bond acceptors (Lipinski definition) is 4. The van der Waals surface area contributed by atoms with E-state index in [9.17, 15) is 5.11 Å². The van der Waals surface area contributed by atoms with E-state index >= 15 is 0 Å². The maximum Gasteiger partial charge on any atom is 0.119 e. The molecule has 1 aliphatic heterocycles. The second-order valence-electron chi connectivity index (χ2n) is 7.55. The highest BCUT2D eigenvalue weighted by Gasteiger charge is 2.17. The Balaban J connectivity index is 1.47. The first-order valence-corrected chi connectivity index (χ1v) is 10.3. The normalized spacial score (nSPS) is 19.2. The molecule has 3 rings (SSSR count). The predicted octanol–water partition coefficient (Wildman–Crippen LogP) is 4.10. The highest BCUT2D eigenvalue weighted by Crippen LogP contribution is 2.25. The third-order valence-corrected chi connectivity index (χ3v) is 5.37. The van der Waals surface area contributed by atoms with Crippen LogP contribution in [0, 0.1) is 0 Å². The molecule has 1 atom stereocenters. The number of rotatable bonds is 9. The smallest absolute Gasteiger partial charge is 0.119 e. The fraction of sp³-hybridized carbons (Fsp3) is 0.565. The Hall–Kier alpha value is -1.78. The highest BCUT2D eigenvalue weighted by atomic mass is 16.5. The number of aliphatic hydroxyl groups excluding tert-OH is 1. The predicted molar refractivity (Wildman–Crippen MR) is 109 cm³/mol. The van der Waals surface area contributed by atoms with Crippen LogP contribution in [0.3, 0.4) is 0 Å². The van der Waals surface area contributed by atoms with Gasteiger partial charge in [0.15, 0.2) is 0 Å². The molecular formula is C23H33NO3. The Labute approximate surface area is 163 Å². The zero-order valence-electron chi connectivity index (χ0n) is 16.5. The maximum atomic E-state index is 10.4. The molecule has 0 spiro atoms. The molecule has 1 fully saturated rings. The molecule has 1 aromatic carbocycles. The van der Waals surface area contributed by atoms with Gasteiger partial charge < -0.3 is 19.5 Å². The summed E-state index contributed by atoms with van der Waals surface area (Å²) in [7, 11) is 1.70. The van der Waals surface area contributed by atoms with Gasteiger partial charge in [0.2, 0.25) is 0 Å². The number of aliphatic hydroxyl groups is 1. The summed E-state index contributed by atoms with van der Waals surface area (Å²) >= 11 is 0. The second kappa shape index (κ2) is 10.5. The number of piperidine rings is 1. The average Bonchev–Trinajstić information content (AvgIpc) is 2.72. The van der Waals surface area contributed by atoms with Crippen molar-refractivity contribution >= 4 is 0 Å². The van der Waals surface area contributed by atoms with Crippen molar-refractivity contribution < 1.29 is 14.6 Å². The van der Waals surface area contributed by atoms with E-state index in [4.69, 9.17) is 9.47 Å². The number of likely N-dealkylation sites (tertiary alicyclic amines) is 1. The van der Waals surface area contributed by atoms with Gasteiger partial charge in [-0.15, -0.1) is 0 Å². The molecule has 1 N–H and O–H groups in total. The Kier molecular flexibility index (Phi) is 7.79. The summed E-state index contributed by atoms with van der Waals surface area (Å²) in [5.41, 5.74) is 2.53. The van der Waals surface area contributed by atoms with Crippen LogP contribution in [-0.2, 0) is 11.2 Å². The van der Waals surface area contributed by atoms with E-state index in [0.29, 0.717) is 6.61 Å². The van der Waals surface area contributed by atoms with Gasteiger partial charge in [-0.2, -0.15) is 0 Å². The van der Waals surface area contributed by atoms with Crippen LogP contribution in [0.1, 0.15) is 44.1 Å². The van der Waals surface area contributed by atoms with Gasteiger partial charge in [-0.05, 0) is 81.0 Å². The minimum Gasteiger partial charge on any atom is -0.497 e. The fourth-order valence-corrected chi connectivity index (χ4v) is 3.87. The van der Waals surface area contributed by atoms with Gasteiger partial charge >= 0.3 is 0 Å². The molecule has 0 amide bonds. The van der Waals surface area contributed by atoms with Crippen molar-refractivity contribution in [1.29, 1.82) is 0 Å². The fourth-order valence-electron chi connectivity index (χ4n) is 3.87. The quantitative estimate of drug-likeness (QED) is 0.710. The molecule has 2 aliphatic rings. The second-order valence-corrected chi connectivity index (χ2v) is 7.55. The number of allylic oxidation sites excluding steroid dienone is 3. The topological polar surface area (TPSA) is 41.9 Å². The minimum absolute atomic E-state index is 0.374. The standard InChI is InChI=1S/C23H33NO3/c1-26-22-10-7-8-19(16-22)12-13-20-9-3-4-11-23(20)27-18-21(25)17-24-14-5-2-6-15-24/h7-11,16,21,25H,2-6,12-15,17-18H2,1H3/t21-/m0/s1. The first-order chi connectivity index (χ1) is 13.2. The summed E-state index contributed by atoms with van der Waals surface area (Å²) in [4.78, 5) is 2.35. The Bertz CT molecular complexity index is 647. The van der Waals surface area contributed by atoms with E-state index in [-0.39, 0.29) is 0 Å². The zero-order chi connectivity index (χ0) is 18.9. The van der Waals surface area contributed by atoms with Crippen LogP contribution in [-0.4, -0.2) is 49.5 Å². The van der Waals surface area contributed by atoms with E-state index in [1.54, 1.807) is 7.11 Å². The van der Waals surface area contributed by atoms with Gasteiger partial charge in [0.05, 0.1) is 7.11 Å². The van der Waals surface area contributed by atoms with E-state index in [2.05, 4.69) is 29.2 Å². The lowest BCUT2D eigenvalue weighted by atomic mass is 9.98. The molecule has 4 nitrogen and oxygen atoms in total. The van der Waals surface area contributed by atoms with Crippen LogP contribution in [0.15, 0.2) is 47.7 Å². The van der Waals surface area contributed by atoms with Crippen LogP contribution in [0.25, 0.3) is 0 Å². The molecule has 1 saturated heterocycles. The van der Waals surface area contributed by atoms with Gasteiger partial charge in [0, 0.05) is 6.54 Å². The van der Waals surface area contributed by atoms with Crippen molar-refractivity contribution in [2.75, 3.05) is 33.4 Å². The summed E-state index contributed by atoms with van der Waals surface area (Å²) in [5.74, 6) is 1.86. The average molecular weight is 372 g/mol. The molecule has 148 valence electrons. The zero-order valence-corrected chi connectivity index (χ0v) is 16.5. The van der Waals surface area contributed by atoms with Gasteiger partial charge in [-0.1, -0.05) is 24.6 Å². The van der Waals surface area contributed by atoms with Crippen molar-refractivity contribution in [1.82, 2.24) is 4.90 Å². The van der Waals surface area contributed by atoms with Crippen LogP contribution in [0.4, 0.5) is 0 Å². The lowest BCUT2D eigenvalue weighted by Crippen LogP contribution is -2.38. The van der Waals surface area contributed by atoms with Crippen LogP contribution < -0.4 is 4.74 Å². The number of nitrogens with zero attached hydrogens (tertiary/aromatic N) is 1. The van der Waals surface area contributed by atoms with Crippen molar-refractivity contribution in [3.8, 4) is 5.75 Å². The Morgan fingerprint density at radius 1 is 1.07 bits per heavy atom. The molecule has 1 aromatic rings. The number of methoxy groups -OCH3 is 1. The number of aryl methyl sites for hydroxylation is 1. The molecule has 0 radical (unpaired) electrons.